The average Bonchev–Trinajstić information content (AvgIpc) is 2.71. The molecule has 3 heterocycles. The van der Waals surface area contributed by atoms with E-state index < -0.39 is 0 Å². The predicted octanol–water partition coefficient (Wildman–Crippen LogP) is -0.956. The second-order valence-electron chi connectivity index (χ2n) is 8.40. The zero-order chi connectivity index (χ0) is 17.0. The fourth-order valence-electron chi connectivity index (χ4n) is 4.94. The Bertz CT molecular complexity index is 540. The van der Waals surface area contributed by atoms with Crippen LogP contribution in [0.2, 0.25) is 0 Å². The predicted molar refractivity (Wildman–Crippen MR) is 94.5 cm³/mol. The minimum absolute atomic E-state index is 0.124. The number of hydrogen-bond acceptors (Lipinski definition) is 7. The second kappa shape index (κ2) is 6.21. The Kier molecular flexibility index (Phi) is 3.98. The molecule has 0 aromatic rings. The molecule has 0 unspecified atom stereocenters. The van der Waals surface area contributed by atoms with E-state index in [9.17, 15) is 10.2 Å². The van der Waals surface area contributed by atoms with Gasteiger partial charge in [-0.15, -0.1) is 0 Å². The summed E-state index contributed by atoms with van der Waals surface area (Å²) in [4.78, 5) is 7.71. The van der Waals surface area contributed by atoms with Crippen molar-refractivity contribution in [2.45, 2.75) is 62.4 Å². The van der Waals surface area contributed by atoms with Crippen molar-refractivity contribution in [1.29, 1.82) is 0 Å². The molecule has 0 aromatic carbocycles. The van der Waals surface area contributed by atoms with Crippen LogP contribution in [0.25, 0.3) is 0 Å². The summed E-state index contributed by atoms with van der Waals surface area (Å²) in [5, 5.41) is 26.8. The van der Waals surface area contributed by atoms with E-state index in [-0.39, 0.29) is 12.2 Å². The summed E-state index contributed by atoms with van der Waals surface area (Å²) < 4.78 is 0. The van der Waals surface area contributed by atoms with Crippen molar-refractivity contribution in [3.63, 3.8) is 0 Å². The van der Waals surface area contributed by atoms with Gasteiger partial charge in [0.15, 0.2) is 0 Å². The van der Waals surface area contributed by atoms with Gasteiger partial charge in [-0.05, 0) is 32.1 Å². The first kappa shape index (κ1) is 16.0. The number of rotatable bonds is 3. The topological polar surface area (TPSA) is 74.2 Å². The summed E-state index contributed by atoms with van der Waals surface area (Å²) in [6.07, 6.45) is 4.45. The van der Waals surface area contributed by atoms with E-state index in [1.165, 1.54) is 11.6 Å². The van der Waals surface area contributed by atoms with Crippen molar-refractivity contribution in [3.05, 3.63) is 11.6 Å². The molecule has 0 aromatic heterocycles. The molecule has 7 heteroatoms. The molecule has 1 saturated heterocycles. The summed E-state index contributed by atoms with van der Waals surface area (Å²) in [5.74, 6) is 2.66. The number of aliphatic hydroxyl groups is 2. The third-order valence-electron chi connectivity index (χ3n) is 6.75. The second-order valence-corrected chi connectivity index (χ2v) is 8.40. The van der Waals surface area contributed by atoms with Gasteiger partial charge in [0.1, 0.15) is 11.6 Å². The van der Waals surface area contributed by atoms with Crippen LogP contribution in [-0.4, -0.2) is 94.5 Å². The van der Waals surface area contributed by atoms with E-state index in [4.69, 9.17) is 0 Å². The van der Waals surface area contributed by atoms with Gasteiger partial charge in [0.05, 0.1) is 18.2 Å². The van der Waals surface area contributed by atoms with Crippen LogP contribution in [0, 0.1) is 0 Å². The van der Waals surface area contributed by atoms with Gasteiger partial charge >= 0.3 is 0 Å². The van der Waals surface area contributed by atoms with Crippen molar-refractivity contribution >= 4 is 0 Å². The highest BCUT2D eigenvalue weighted by atomic mass is 16.3. The molecule has 4 N–H and O–H groups in total. The summed E-state index contributed by atoms with van der Waals surface area (Å²) in [7, 11) is 0. The highest BCUT2D eigenvalue weighted by Crippen LogP contribution is 2.38. The lowest BCUT2D eigenvalue weighted by Gasteiger charge is -2.55. The number of aliphatic hydroxyl groups excluding tert-OH is 2. The van der Waals surface area contributed by atoms with Crippen LogP contribution in [0.4, 0.5) is 0 Å². The smallest absolute Gasteiger partial charge is 0.146 e. The maximum Gasteiger partial charge on any atom is 0.146 e. The largest absolute Gasteiger partial charge is 0.393 e. The Labute approximate surface area is 149 Å². The molecule has 25 heavy (non-hydrogen) atoms. The molecule has 0 spiro atoms. The average molecular weight is 349 g/mol. The third kappa shape index (κ3) is 2.67. The number of nitrogens with one attached hydrogen (secondary N) is 2. The third-order valence-corrected chi connectivity index (χ3v) is 6.75. The standard InChI is InChI=1S/C18H31N5O2/c24-15-6-12(7-15)22-3-1-2-20-17-18(22)23(13-8-16(25)9-13)5-4-21(17)14-10-19-11-14/h12-16,19-20,24-25H,1-11H2/t12-,13-,15-,16-. The molecule has 2 saturated carbocycles. The number of hydrogen-bond donors (Lipinski definition) is 4. The van der Waals surface area contributed by atoms with Crippen molar-refractivity contribution in [2.24, 2.45) is 0 Å². The minimum Gasteiger partial charge on any atom is -0.393 e. The molecule has 7 nitrogen and oxygen atoms in total. The molecule has 0 bridgehead atoms. The van der Waals surface area contributed by atoms with Crippen LogP contribution >= 0.6 is 0 Å². The van der Waals surface area contributed by atoms with Gasteiger partial charge in [-0.1, -0.05) is 0 Å². The Morgan fingerprint density at radius 3 is 1.92 bits per heavy atom. The normalized spacial score (nSPS) is 39.0. The molecule has 3 fully saturated rings. The fourth-order valence-corrected chi connectivity index (χ4v) is 4.94. The summed E-state index contributed by atoms with van der Waals surface area (Å²) in [6.45, 7) is 6.33. The Morgan fingerprint density at radius 1 is 0.760 bits per heavy atom. The van der Waals surface area contributed by atoms with Crippen LogP contribution in [0.1, 0.15) is 32.1 Å². The Hall–Kier alpha value is -1.18. The molecule has 0 amide bonds. The van der Waals surface area contributed by atoms with Crippen molar-refractivity contribution in [3.8, 4) is 0 Å². The molecule has 2 aliphatic carbocycles. The molecule has 5 rings (SSSR count). The Morgan fingerprint density at radius 2 is 1.36 bits per heavy atom. The molecule has 0 atom stereocenters. The van der Waals surface area contributed by atoms with Crippen LogP contribution in [0.3, 0.4) is 0 Å². The van der Waals surface area contributed by atoms with Crippen molar-refractivity contribution in [1.82, 2.24) is 25.3 Å². The van der Waals surface area contributed by atoms with E-state index in [0.29, 0.717) is 18.1 Å². The molecule has 3 aliphatic heterocycles. The first-order chi connectivity index (χ1) is 12.2. The first-order valence-electron chi connectivity index (χ1n) is 10.1. The van der Waals surface area contributed by atoms with Crippen molar-refractivity contribution in [2.75, 3.05) is 39.3 Å². The van der Waals surface area contributed by atoms with E-state index in [1.54, 1.807) is 0 Å². The molecule has 0 radical (unpaired) electrons. The molecular formula is C18H31N5O2. The molecular weight excluding hydrogens is 318 g/mol. The van der Waals surface area contributed by atoms with E-state index in [2.05, 4.69) is 25.3 Å². The minimum atomic E-state index is -0.125. The lowest BCUT2D eigenvalue weighted by molar-refractivity contribution is -0.0400. The van der Waals surface area contributed by atoms with Gasteiger partial charge < -0.3 is 35.5 Å². The van der Waals surface area contributed by atoms with E-state index in [0.717, 1.165) is 71.4 Å². The SMILES string of the molecule is O[C@H]1C[C@H](N2CCCNC3=C2N([C@H]2C[C@H](O)C2)CCN3C2CNC2)C1. The summed E-state index contributed by atoms with van der Waals surface area (Å²) in [6, 6.07) is 1.53. The van der Waals surface area contributed by atoms with Gasteiger partial charge in [0.2, 0.25) is 0 Å². The zero-order valence-electron chi connectivity index (χ0n) is 14.9. The van der Waals surface area contributed by atoms with Crippen LogP contribution in [0.15, 0.2) is 11.6 Å². The van der Waals surface area contributed by atoms with E-state index in [1.807, 2.05) is 0 Å². The first-order valence-corrected chi connectivity index (χ1v) is 10.1. The maximum absolute atomic E-state index is 9.85. The van der Waals surface area contributed by atoms with Crippen LogP contribution in [0.5, 0.6) is 0 Å². The van der Waals surface area contributed by atoms with Gasteiger partial charge in [-0.25, -0.2) is 0 Å². The van der Waals surface area contributed by atoms with Gasteiger partial charge in [0, 0.05) is 51.4 Å². The van der Waals surface area contributed by atoms with E-state index >= 15 is 0 Å². The zero-order valence-corrected chi connectivity index (χ0v) is 14.9. The van der Waals surface area contributed by atoms with Crippen molar-refractivity contribution < 1.29 is 10.2 Å². The summed E-state index contributed by atoms with van der Waals surface area (Å²) >= 11 is 0. The maximum atomic E-state index is 9.85. The monoisotopic (exact) mass is 349 g/mol. The van der Waals surface area contributed by atoms with Gasteiger partial charge in [-0.2, -0.15) is 0 Å². The summed E-state index contributed by atoms with van der Waals surface area (Å²) in [5.41, 5.74) is 0. The van der Waals surface area contributed by atoms with Crippen LogP contribution in [-0.2, 0) is 0 Å². The molecule has 5 aliphatic rings. The lowest BCUT2D eigenvalue weighted by Crippen LogP contribution is -2.64. The highest BCUT2D eigenvalue weighted by molar-refractivity contribution is 5.21. The molecule has 140 valence electrons. The quantitative estimate of drug-likeness (QED) is 0.523. The lowest BCUT2D eigenvalue weighted by atomic mass is 9.86. The number of nitrogens with zero attached hydrogens (tertiary/aromatic N) is 3. The van der Waals surface area contributed by atoms with Crippen LogP contribution < -0.4 is 10.6 Å². The fraction of sp³-hybridized carbons (Fsp3) is 0.889. The highest BCUT2D eigenvalue weighted by Gasteiger charge is 2.44. The Balaban J connectivity index is 1.48. The van der Waals surface area contributed by atoms with Gasteiger partial charge in [0.25, 0.3) is 0 Å². The van der Waals surface area contributed by atoms with Gasteiger partial charge in [-0.3, -0.25) is 0 Å².